The van der Waals surface area contributed by atoms with Gasteiger partial charge >= 0.3 is 0 Å². The van der Waals surface area contributed by atoms with Crippen LogP contribution in [0.5, 0.6) is 0 Å². The third kappa shape index (κ3) is 3.50. The van der Waals surface area contributed by atoms with Gasteiger partial charge in [0.2, 0.25) is 0 Å². The quantitative estimate of drug-likeness (QED) is 0.923. The summed E-state index contributed by atoms with van der Waals surface area (Å²) in [7, 11) is 0. The summed E-state index contributed by atoms with van der Waals surface area (Å²) in [6, 6.07) is 9.38. The Labute approximate surface area is 131 Å². The molecular formula is C15H15BrN4O. The summed E-state index contributed by atoms with van der Waals surface area (Å²) in [5.41, 5.74) is 2.14. The Kier molecular flexibility index (Phi) is 4.76. The first-order chi connectivity index (χ1) is 10.0. The lowest BCUT2D eigenvalue weighted by Gasteiger charge is -2.12. The van der Waals surface area contributed by atoms with Gasteiger partial charge in [0.1, 0.15) is 4.47 Å². The van der Waals surface area contributed by atoms with Crippen molar-refractivity contribution in [2.75, 3.05) is 5.32 Å². The summed E-state index contributed by atoms with van der Waals surface area (Å²) < 4.78 is 1.90. The van der Waals surface area contributed by atoms with E-state index < -0.39 is 0 Å². The standard InChI is InChI=1S/C15H15BrN4O/c1-10(2)20-15(21)14(16)13(9-19-20)18-8-12-5-3-11(7-17)4-6-12/h3-6,9-10,18H,8H2,1-2H3. The number of nitriles is 1. The molecule has 108 valence electrons. The monoisotopic (exact) mass is 346 g/mol. The fraction of sp³-hybridized carbons (Fsp3) is 0.267. The van der Waals surface area contributed by atoms with E-state index in [4.69, 9.17) is 5.26 Å². The molecular weight excluding hydrogens is 332 g/mol. The number of hydrogen-bond donors (Lipinski definition) is 1. The maximum Gasteiger partial charge on any atom is 0.283 e. The van der Waals surface area contributed by atoms with Crippen LogP contribution in [0.1, 0.15) is 31.0 Å². The number of nitrogens with zero attached hydrogens (tertiary/aromatic N) is 3. The average Bonchev–Trinajstić information content (AvgIpc) is 2.49. The van der Waals surface area contributed by atoms with E-state index in [-0.39, 0.29) is 11.6 Å². The molecule has 0 spiro atoms. The summed E-state index contributed by atoms with van der Waals surface area (Å²) in [6.45, 7) is 4.37. The molecule has 0 atom stereocenters. The summed E-state index contributed by atoms with van der Waals surface area (Å²) >= 11 is 3.32. The second-order valence-corrected chi connectivity index (χ2v) is 5.67. The summed E-state index contributed by atoms with van der Waals surface area (Å²) in [4.78, 5) is 12.1. The Morgan fingerprint density at radius 1 is 1.38 bits per heavy atom. The molecule has 0 fully saturated rings. The van der Waals surface area contributed by atoms with Crippen LogP contribution >= 0.6 is 15.9 Å². The van der Waals surface area contributed by atoms with Gasteiger partial charge in [0.15, 0.2) is 0 Å². The topological polar surface area (TPSA) is 70.7 Å². The zero-order valence-electron chi connectivity index (χ0n) is 11.8. The van der Waals surface area contributed by atoms with Crippen molar-refractivity contribution in [3.05, 3.63) is 56.4 Å². The van der Waals surface area contributed by atoms with Gasteiger partial charge in [0.05, 0.1) is 29.6 Å². The van der Waals surface area contributed by atoms with Crippen LogP contribution in [0.15, 0.2) is 39.7 Å². The summed E-state index contributed by atoms with van der Waals surface area (Å²) in [6.07, 6.45) is 1.63. The number of hydrogen-bond acceptors (Lipinski definition) is 4. The van der Waals surface area contributed by atoms with Gasteiger partial charge in [-0.1, -0.05) is 12.1 Å². The van der Waals surface area contributed by atoms with E-state index in [1.54, 1.807) is 18.3 Å². The minimum absolute atomic E-state index is 0.0152. The predicted molar refractivity (Wildman–Crippen MR) is 85.1 cm³/mol. The zero-order valence-corrected chi connectivity index (χ0v) is 13.4. The van der Waals surface area contributed by atoms with Gasteiger partial charge in [-0.2, -0.15) is 10.4 Å². The Balaban J connectivity index is 2.15. The molecule has 2 aromatic rings. The highest BCUT2D eigenvalue weighted by molar-refractivity contribution is 9.10. The van der Waals surface area contributed by atoms with E-state index in [2.05, 4.69) is 32.4 Å². The molecule has 1 aromatic heterocycles. The Morgan fingerprint density at radius 3 is 2.62 bits per heavy atom. The van der Waals surface area contributed by atoms with E-state index in [0.29, 0.717) is 22.3 Å². The van der Waals surface area contributed by atoms with Crippen molar-refractivity contribution in [2.45, 2.75) is 26.4 Å². The Bertz CT molecular complexity index is 729. The zero-order chi connectivity index (χ0) is 15.4. The maximum atomic E-state index is 12.1. The van der Waals surface area contributed by atoms with Crippen LogP contribution in [0.2, 0.25) is 0 Å². The molecule has 5 nitrogen and oxygen atoms in total. The second kappa shape index (κ2) is 6.55. The van der Waals surface area contributed by atoms with Crippen LogP contribution in [0.3, 0.4) is 0 Å². The lowest BCUT2D eigenvalue weighted by atomic mass is 10.1. The van der Waals surface area contributed by atoms with Crippen LogP contribution in [0, 0.1) is 11.3 Å². The molecule has 21 heavy (non-hydrogen) atoms. The Morgan fingerprint density at radius 2 is 2.05 bits per heavy atom. The molecule has 0 saturated heterocycles. The predicted octanol–water partition coefficient (Wildman–Crippen LogP) is 3.07. The molecule has 0 unspecified atom stereocenters. The van der Waals surface area contributed by atoms with Crippen LogP contribution < -0.4 is 10.9 Å². The number of nitrogens with one attached hydrogen (secondary N) is 1. The van der Waals surface area contributed by atoms with Crippen molar-refractivity contribution in [2.24, 2.45) is 0 Å². The highest BCUT2D eigenvalue weighted by atomic mass is 79.9. The van der Waals surface area contributed by atoms with Gasteiger partial charge in [-0.15, -0.1) is 0 Å². The van der Waals surface area contributed by atoms with Gasteiger partial charge in [0.25, 0.3) is 5.56 Å². The largest absolute Gasteiger partial charge is 0.379 e. The number of anilines is 1. The molecule has 1 N–H and O–H groups in total. The molecule has 0 bridgehead atoms. The molecule has 0 amide bonds. The first kappa shape index (κ1) is 15.3. The molecule has 0 saturated carbocycles. The highest BCUT2D eigenvalue weighted by Gasteiger charge is 2.10. The minimum atomic E-state index is -0.158. The number of halogens is 1. The van der Waals surface area contributed by atoms with E-state index >= 15 is 0 Å². The van der Waals surface area contributed by atoms with Crippen LogP contribution in [-0.4, -0.2) is 9.78 Å². The van der Waals surface area contributed by atoms with Crippen LogP contribution in [-0.2, 0) is 6.54 Å². The highest BCUT2D eigenvalue weighted by Crippen LogP contribution is 2.18. The molecule has 0 aliphatic rings. The van der Waals surface area contributed by atoms with E-state index in [1.165, 1.54) is 4.68 Å². The second-order valence-electron chi connectivity index (χ2n) is 4.88. The fourth-order valence-corrected chi connectivity index (χ4v) is 2.25. The van der Waals surface area contributed by atoms with Crippen molar-refractivity contribution in [3.8, 4) is 6.07 Å². The Hall–Kier alpha value is -2.13. The van der Waals surface area contributed by atoms with Gasteiger partial charge in [-0.3, -0.25) is 4.79 Å². The molecule has 0 aliphatic heterocycles. The smallest absolute Gasteiger partial charge is 0.283 e. The number of benzene rings is 1. The van der Waals surface area contributed by atoms with Gasteiger partial charge < -0.3 is 5.32 Å². The van der Waals surface area contributed by atoms with Crippen molar-refractivity contribution in [1.29, 1.82) is 5.26 Å². The van der Waals surface area contributed by atoms with Crippen molar-refractivity contribution in [3.63, 3.8) is 0 Å². The van der Waals surface area contributed by atoms with Crippen LogP contribution in [0.25, 0.3) is 0 Å². The first-order valence-electron chi connectivity index (χ1n) is 6.53. The van der Waals surface area contributed by atoms with Crippen molar-refractivity contribution < 1.29 is 0 Å². The molecule has 6 heteroatoms. The third-order valence-corrected chi connectivity index (χ3v) is 3.77. The first-order valence-corrected chi connectivity index (χ1v) is 7.32. The van der Waals surface area contributed by atoms with Gasteiger partial charge in [-0.05, 0) is 47.5 Å². The van der Waals surface area contributed by atoms with Crippen molar-refractivity contribution >= 4 is 21.6 Å². The minimum Gasteiger partial charge on any atom is -0.379 e. The lowest BCUT2D eigenvalue weighted by molar-refractivity contribution is 0.501. The fourth-order valence-electron chi connectivity index (χ4n) is 1.83. The lowest BCUT2D eigenvalue weighted by Crippen LogP contribution is -2.26. The molecule has 1 aromatic carbocycles. The van der Waals surface area contributed by atoms with Gasteiger partial charge in [0, 0.05) is 6.54 Å². The number of rotatable bonds is 4. The summed E-state index contributed by atoms with van der Waals surface area (Å²) in [5, 5.41) is 16.1. The van der Waals surface area contributed by atoms with Crippen LogP contribution in [0.4, 0.5) is 5.69 Å². The van der Waals surface area contributed by atoms with E-state index in [0.717, 1.165) is 5.56 Å². The van der Waals surface area contributed by atoms with E-state index in [1.807, 2.05) is 26.0 Å². The van der Waals surface area contributed by atoms with Gasteiger partial charge in [-0.25, -0.2) is 4.68 Å². The number of aromatic nitrogens is 2. The normalized spacial score (nSPS) is 10.4. The average molecular weight is 347 g/mol. The SMILES string of the molecule is CC(C)n1ncc(NCc2ccc(C#N)cc2)c(Br)c1=O. The third-order valence-electron chi connectivity index (χ3n) is 3.00. The molecule has 2 rings (SSSR count). The van der Waals surface area contributed by atoms with Crippen molar-refractivity contribution in [1.82, 2.24) is 9.78 Å². The molecule has 0 aliphatic carbocycles. The molecule has 0 radical (unpaired) electrons. The molecule has 1 heterocycles. The van der Waals surface area contributed by atoms with E-state index in [9.17, 15) is 4.79 Å². The summed E-state index contributed by atoms with van der Waals surface area (Å²) in [5.74, 6) is 0. The maximum absolute atomic E-state index is 12.1.